The molecule has 1 fully saturated rings. The van der Waals surface area contributed by atoms with Gasteiger partial charge in [-0.15, -0.1) is 0 Å². The molecule has 1 aromatic carbocycles. The second-order valence-electron chi connectivity index (χ2n) is 5.54. The normalized spacial score (nSPS) is 22.1. The summed E-state index contributed by atoms with van der Waals surface area (Å²) >= 11 is 0. The minimum absolute atomic E-state index is 0.0207. The third kappa shape index (κ3) is 3.08. The van der Waals surface area contributed by atoms with E-state index in [0.29, 0.717) is 12.3 Å². The van der Waals surface area contributed by atoms with Gasteiger partial charge in [0, 0.05) is 19.7 Å². The predicted molar refractivity (Wildman–Crippen MR) is 83.7 cm³/mol. The van der Waals surface area contributed by atoms with E-state index in [4.69, 9.17) is 4.74 Å². The lowest BCUT2D eigenvalue weighted by atomic mass is 10.2. The first-order valence-electron chi connectivity index (χ1n) is 7.50. The zero-order valence-corrected chi connectivity index (χ0v) is 12.8. The number of aromatic nitrogens is 2. The molecule has 1 saturated heterocycles. The summed E-state index contributed by atoms with van der Waals surface area (Å²) in [5, 5.41) is 3.02. The molecule has 1 amide bonds. The molecule has 2 atom stereocenters. The van der Waals surface area contributed by atoms with Gasteiger partial charge in [0.1, 0.15) is 5.69 Å². The van der Waals surface area contributed by atoms with Gasteiger partial charge in [-0.25, -0.2) is 4.98 Å². The fourth-order valence-electron chi connectivity index (χ4n) is 2.79. The Morgan fingerprint density at radius 1 is 1.36 bits per heavy atom. The minimum Gasteiger partial charge on any atom is -0.375 e. The van der Waals surface area contributed by atoms with Gasteiger partial charge < -0.3 is 15.0 Å². The number of para-hydroxylation sites is 2. The summed E-state index contributed by atoms with van der Waals surface area (Å²) in [6, 6.07) is 7.49. The molecular weight excluding hydrogens is 280 g/mol. The number of carbonyl (C=O) groups excluding carboxylic acids is 1. The molecule has 2 heterocycles. The van der Waals surface area contributed by atoms with Crippen molar-refractivity contribution < 1.29 is 9.53 Å². The Bertz CT molecular complexity index is 676. The number of fused-ring (bicyclic) bond motifs is 1. The fraction of sp³-hybridized carbons (Fsp3) is 0.438. The number of carbonyl (C=O) groups is 1. The number of hydrogen-bond donors (Lipinski definition) is 1. The Morgan fingerprint density at radius 2 is 2.14 bits per heavy atom. The van der Waals surface area contributed by atoms with E-state index in [1.807, 2.05) is 38.2 Å². The monoisotopic (exact) mass is 300 g/mol. The Balaban J connectivity index is 1.75. The van der Waals surface area contributed by atoms with Crippen LogP contribution in [0.5, 0.6) is 0 Å². The highest BCUT2D eigenvalue weighted by Gasteiger charge is 2.32. The molecule has 1 N–H and O–H groups in total. The molecule has 6 nitrogen and oxygen atoms in total. The van der Waals surface area contributed by atoms with E-state index in [9.17, 15) is 4.79 Å². The quantitative estimate of drug-likeness (QED) is 0.915. The molecule has 116 valence electrons. The predicted octanol–water partition coefficient (Wildman–Crippen LogP) is 1.08. The maximum atomic E-state index is 12.4. The number of nitrogens with one attached hydrogen (secondary N) is 1. The molecule has 0 unspecified atom stereocenters. The van der Waals surface area contributed by atoms with Crippen LogP contribution >= 0.6 is 0 Å². The van der Waals surface area contributed by atoms with Crippen LogP contribution in [0.3, 0.4) is 0 Å². The van der Waals surface area contributed by atoms with Crippen molar-refractivity contribution in [2.24, 2.45) is 0 Å². The van der Waals surface area contributed by atoms with Crippen LogP contribution in [0.2, 0.25) is 0 Å². The third-order valence-corrected chi connectivity index (χ3v) is 3.83. The highest BCUT2D eigenvalue weighted by molar-refractivity contribution is 5.94. The molecule has 0 radical (unpaired) electrons. The van der Waals surface area contributed by atoms with E-state index in [2.05, 4.69) is 20.2 Å². The first-order valence-corrected chi connectivity index (χ1v) is 7.50. The van der Waals surface area contributed by atoms with Crippen molar-refractivity contribution in [1.29, 1.82) is 0 Å². The molecule has 0 bridgehead atoms. The molecule has 3 rings (SSSR count). The zero-order chi connectivity index (χ0) is 15.5. The highest BCUT2D eigenvalue weighted by atomic mass is 16.5. The van der Waals surface area contributed by atoms with Crippen molar-refractivity contribution in [1.82, 2.24) is 20.2 Å². The van der Waals surface area contributed by atoms with Crippen LogP contribution in [-0.2, 0) is 4.74 Å². The van der Waals surface area contributed by atoms with Gasteiger partial charge in [-0.3, -0.25) is 9.78 Å². The standard InChI is InChI=1S/C16H20N4O2/c1-3-22-15-10-20(2)9-14(15)19-16(21)13-8-17-11-6-4-5-7-12(11)18-13/h4-8,14-15H,3,9-10H2,1-2H3,(H,19,21)/t14-,15-/m0/s1. The Morgan fingerprint density at radius 3 is 2.91 bits per heavy atom. The maximum absolute atomic E-state index is 12.4. The number of amides is 1. The number of nitrogens with zero attached hydrogens (tertiary/aromatic N) is 3. The molecule has 1 aliphatic heterocycles. The van der Waals surface area contributed by atoms with Crippen LogP contribution in [0.15, 0.2) is 30.5 Å². The molecule has 1 aromatic heterocycles. The molecule has 6 heteroatoms. The van der Waals surface area contributed by atoms with E-state index >= 15 is 0 Å². The Hall–Kier alpha value is -2.05. The van der Waals surface area contributed by atoms with Crippen molar-refractivity contribution in [3.8, 4) is 0 Å². The van der Waals surface area contributed by atoms with Gasteiger partial charge in [-0.05, 0) is 26.1 Å². The van der Waals surface area contributed by atoms with Gasteiger partial charge in [0.05, 0.1) is 29.4 Å². The molecule has 22 heavy (non-hydrogen) atoms. The summed E-state index contributed by atoms with van der Waals surface area (Å²) in [4.78, 5) is 23.2. The number of benzene rings is 1. The number of hydrogen-bond acceptors (Lipinski definition) is 5. The molecule has 0 spiro atoms. The van der Waals surface area contributed by atoms with E-state index in [-0.39, 0.29) is 18.1 Å². The summed E-state index contributed by atoms with van der Waals surface area (Å²) in [5.41, 5.74) is 1.84. The van der Waals surface area contributed by atoms with Crippen molar-refractivity contribution in [3.63, 3.8) is 0 Å². The first kappa shape index (κ1) is 14.9. The van der Waals surface area contributed by atoms with Crippen molar-refractivity contribution in [3.05, 3.63) is 36.2 Å². The van der Waals surface area contributed by atoms with Gasteiger partial charge >= 0.3 is 0 Å². The van der Waals surface area contributed by atoms with Crippen LogP contribution in [0.25, 0.3) is 11.0 Å². The molecular formula is C16H20N4O2. The molecule has 0 saturated carbocycles. The average molecular weight is 300 g/mol. The van der Waals surface area contributed by atoms with Crippen LogP contribution in [0, 0.1) is 0 Å². The minimum atomic E-state index is -0.205. The summed E-state index contributed by atoms with van der Waals surface area (Å²) in [6.45, 7) is 4.20. The van der Waals surface area contributed by atoms with Gasteiger partial charge in [0.2, 0.25) is 0 Å². The Kier molecular flexibility index (Phi) is 4.31. The largest absolute Gasteiger partial charge is 0.375 e. The molecule has 0 aliphatic carbocycles. The van der Waals surface area contributed by atoms with E-state index in [1.165, 1.54) is 6.20 Å². The first-order chi connectivity index (χ1) is 10.7. The van der Waals surface area contributed by atoms with Gasteiger partial charge in [-0.1, -0.05) is 12.1 Å². The zero-order valence-electron chi connectivity index (χ0n) is 12.8. The van der Waals surface area contributed by atoms with Crippen LogP contribution < -0.4 is 5.32 Å². The summed E-state index contributed by atoms with van der Waals surface area (Å²) < 4.78 is 5.70. The number of ether oxygens (including phenoxy) is 1. The topological polar surface area (TPSA) is 67.3 Å². The van der Waals surface area contributed by atoms with Crippen LogP contribution in [0.4, 0.5) is 0 Å². The lowest BCUT2D eigenvalue weighted by molar-refractivity contribution is 0.0512. The van der Waals surface area contributed by atoms with Gasteiger partial charge in [0.25, 0.3) is 5.91 Å². The Labute approximate surface area is 129 Å². The molecule has 2 aromatic rings. The number of rotatable bonds is 4. The van der Waals surface area contributed by atoms with E-state index in [0.717, 1.165) is 24.1 Å². The second-order valence-corrected chi connectivity index (χ2v) is 5.54. The average Bonchev–Trinajstić information content (AvgIpc) is 2.86. The lowest BCUT2D eigenvalue weighted by Crippen LogP contribution is -2.44. The van der Waals surface area contributed by atoms with Gasteiger partial charge in [0.15, 0.2) is 0 Å². The summed E-state index contributed by atoms with van der Waals surface area (Å²) in [5.74, 6) is -0.205. The van der Waals surface area contributed by atoms with Crippen molar-refractivity contribution in [2.75, 3.05) is 26.7 Å². The van der Waals surface area contributed by atoms with Gasteiger partial charge in [-0.2, -0.15) is 0 Å². The van der Waals surface area contributed by atoms with Crippen LogP contribution in [-0.4, -0.2) is 59.7 Å². The smallest absolute Gasteiger partial charge is 0.271 e. The third-order valence-electron chi connectivity index (χ3n) is 3.83. The molecule has 1 aliphatic rings. The van der Waals surface area contributed by atoms with E-state index < -0.39 is 0 Å². The van der Waals surface area contributed by atoms with Crippen molar-refractivity contribution >= 4 is 16.9 Å². The summed E-state index contributed by atoms with van der Waals surface area (Å²) in [7, 11) is 2.02. The highest BCUT2D eigenvalue weighted by Crippen LogP contribution is 2.13. The van der Waals surface area contributed by atoms with E-state index in [1.54, 1.807) is 0 Å². The fourth-order valence-corrected chi connectivity index (χ4v) is 2.79. The lowest BCUT2D eigenvalue weighted by Gasteiger charge is -2.19. The van der Waals surface area contributed by atoms with Crippen molar-refractivity contribution in [2.45, 2.75) is 19.1 Å². The SMILES string of the molecule is CCO[C@H]1CN(C)C[C@@H]1NC(=O)c1cnc2ccccc2n1. The van der Waals surface area contributed by atoms with Crippen LogP contribution in [0.1, 0.15) is 17.4 Å². The maximum Gasteiger partial charge on any atom is 0.271 e. The second kappa shape index (κ2) is 6.37. The number of likely N-dealkylation sites (tertiary alicyclic amines) is 1. The summed E-state index contributed by atoms with van der Waals surface area (Å²) in [6.07, 6.45) is 1.54. The number of likely N-dealkylation sites (N-methyl/N-ethyl adjacent to an activating group) is 1.